The first-order valence-electron chi connectivity index (χ1n) is 6.46. The summed E-state index contributed by atoms with van der Waals surface area (Å²) in [6.45, 7) is 0. The third kappa shape index (κ3) is 2.47. The molecule has 0 amide bonds. The number of nitrogens with zero attached hydrogens (tertiary/aromatic N) is 1. The Hall–Kier alpha value is -2.81. The van der Waals surface area contributed by atoms with Gasteiger partial charge in [0.2, 0.25) is 0 Å². The summed E-state index contributed by atoms with van der Waals surface area (Å²) in [5.41, 5.74) is 10.6. The number of anilines is 3. The Morgan fingerprint density at radius 1 is 0.800 bits per heavy atom. The zero-order chi connectivity index (χ0) is 13.8. The molecule has 0 fully saturated rings. The number of nitrogens with one attached hydrogen (secondary N) is 1. The maximum absolute atomic E-state index is 6.24. The zero-order valence-corrected chi connectivity index (χ0v) is 11.0. The predicted molar refractivity (Wildman–Crippen MR) is 83.8 cm³/mol. The molecule has 0 radical (unpaired) electrons. The van der Waals surface area contributed by atoms with Gasteiger partial charge in [-0.3, -0.25) is 4.98 Å². The fraction of sp³-hybridized carbons (Fsp3) is 0. The lowest BCUT2D eigenvalue weighted by molar-refractivity contribution is 1.32. The van der Waals surface area contributed by atoms with Crippen LogP contribution in [0, 0.1) is 0 Å². The molecular weight excluding hydrogens is 246 g/mol. The smallest absolute Gasteiger partial charge is 0.0952 e. The van der Waals surface area contributed by atoms with Crippen molar-refractivity contribution in [2.75, 3.05) is 11.1 Å². The van der Waals surface area contributed by atoms with Crippen molar-refractivity contribution in [1.29, 1.82) is 0 Å². The molecule has 0 saturated carbocycles. The Morgan fingerprint density at radius 3 is 2.15 bits per heavy atom. The summed E-state index contributed by atoms with van der Waals surface area (Å²) >= 11 is 0. The number of nitrogen functional groups attached to an aromatic ring is 1. The van der Waals surface area contributed by atoms with E-state index in [0.717, 1.165) is 22.6 Å². The van der Waals surface area contributed by atoms with E-state index in [0.29, 0.717) is 5.69 Å². The first kappa shape index (κ1) is 12.2. The predicted octanol–water partition coefficient (Wildman–Crippen LogP) is 4.07. The number of para-hydroxylation sites is 1. The molecule has 0 bridgehead atoms. The van der Waals surface area contributed by atoms with Crippen molar-refractivity contribution >= 4 is 17.1 Å². The molecule has 0 saturated heterocycles. The molecule has 3 aromatic rings. The maximum atomic E-state index is 6.24. The molecule has 20 heavy (non-hydrogen) atoms. The maximum Gasteiger partial charge on any atom is 0.0952 e. The van der Waals surface area contributed by atoms with Crippen LogP contribution in [-0.2, 0) is 0 Å². The van der Waals surface area contributed by atoms with Crippen molar-refractivity contribution in [1.82, 2.24) is 4.98 Å². The summed E-state index contributed by atoms with van der Waals surface area (Å²) in [7, 11) is 0. The lowest BCUT2D eigenvalue weighted by Crippen LogP contribution is -2.00. The normalized spacial score (nSPS) is 10.2. The van der Waals surface area contributed by atoms with Crippen LogP contribution in [0.4, 0.5) is 17.1 Å². The van der Waals surface area contributed by atoms with Gasteiger partial charge in [0.25, 0.3) is 0 Å². The van der Waals surface area contributed by atoms with Gasteiger partial charge in [0.1, 0.15) is 0 Å². The van der Waals surface area contributed by atoms with Gasteiger partial charge in [-0.25, -0.2) is 0 Å². The van der Waals surface area contributed by atoms with Gasteiger partial charge in [-0.05, 0) is 18.2 Å². The molecular formula is C17H15N3. The molecule has 0 aliphatic heterocycles. The molecule has 0 atom stereocenters. The van der Waals surface area contributed by atoms with Gasteiger partial charge in [0.05, 0.1) is 17.1 Å². The molecule has 1 heterocycles. The third-order valence-corrected chi connectivity index (χ3v) is 3.09. The molecule has 0 spiro atoms. The summed E-state index contributed by atoms with van der Waals surface area (Å²) in [6.07, 6.45) is 1.77. The highest BCUT2D eigenvalue weighted by atomic mass is 14.9. The number of pyridine rings is 1. The van der Waals surface area contributed by atoms with Crippen molar-refractivity contribution in [2.45, 2.75) is 0 Å². The monoisotopic (exact) mass is 261 g/mol. The van der Waals surface area contributed by atoms with Gasteiger partial charge in [0, 0.05) is 17.4 Å². The number of rotatable bonds is 3. The Labute approximate surface area is 118 Å². The van der Waals surface area contributed by atoms with Crippen LogP contribution in [-0.4, -0.2) is 4.98 Å². The summed E-state index contributed by atoms with van der Waals surface area (Å²) in [4.78, 5) is 4.39. The Balaban J connectivity index is 1.98. The topological polar surface area (TPSA) is 50.9 Å². The Bertz CT molecular complexity index is 694. The number of nitrogens with two attached hydrogens (primary N) is 1. The molecule has 0 unspecified atom stereocenters. The van der Waals surface area contributed by atoms with Gasteiger partial charge in [-0.1, -0.05) is 48.5 Å². The second-order valence-electron chi connectivity index (χ2n) is 4.48. The highest BCUT2D eigenvalue weighted by Gasteiger charge is 2.08. The van der Waals surface area contributed by atoms with Crippen LogP contribution < -0.4 is 11.1 Å². The van der Waals surface area contributed by atoms with Crippen LogP contribution in [0.25, 0.3) is 11.3 Å². The van der Waals surface area contributed by atoms with Crippen LogP contribution in [0.2, 0.25) is 0 Å². The summed E-state index contributed by atoms with van der Waals surface area (Å²) in [5.74, 6) is 0. The van der Waals surface area contributed by atoms with Crippen LogP contribution >= 0.6 is 0 Å². The van der Waals surface area contributed by atoms with Crippen LogP contribution in [0.5, 0.6) is 0 Å². The number of hydrogen-bond donors (Lipinski definition) is 2. The lowest BCUT2D eigenvalue weighted by atomic mass is 10.1. The van der Waals surface area contributed by atoms with Crippen LogP contribution in [0.3, 0.4) is 0 Å². The minimum Gasteiger partial charge on any atom is -0.395 e. The Kier molecular flexibility index (Phi) is 3.33. The van der Waals surface area contributed by atoms with Gasteiger partial charge in [-0.15, -0.1) is 0 Å². The minimum atomic E-state index is 0.655. The summed E-state index contributed by atoms with van der Waals surface area (Å²) < 4.78 is 0. The van der Waals surface area contributed by atoms with E-state index in [1.165, 1.54) is 0 Å². The standard InChI is InChI=1S/C17H15N3/c18-16-15(20-14-9-5-2-6-10-14)11-12-19-17(16)13-7-3-1-4-8-13/h1-12H,18H2,(H,19,20). The van der Waals surface area contributed by atoms with Crippen LogP contribution in [0.1, 0.15) is 0 Å². The van der Waals surface area contributed by atoms with Crippen molar-refractivity contribution in [3.05, 3.63) is 72.9 Å². The molecule has 2 aromatic carbocycles. The quantitative estimate of drug-likeness (QED) is 0.747. The molecule has 0 aliphatic carbocycles. The van der Waals surface area contributed by atoms with Gasteiger partial charge < -0.3 is 11.1 Å². The molecule has 3 rings (SSSR count). The van der Waals surface area contributed by atoms with Crippen molar-refractivity contribution in [2.24, 2.45) is 0 Å². The zero-order valence-electron chi connectivity index (χ0n) is 11.0. The van der Waals surface area contributed by atoms with Crippen molar-refractivity contribution < 1.29 is 0 Å². The number of aromatic nitrogens is 1. The number of hydrogen-bond acceptors (Lipinski definition) is 3. The van der Waals surface area contributed by atoms with Gasteiger partial charge in [0.15, 0.2) is 0 Å². The van der Waals surface area contributed by atoms with Crippen molar-refractivity contribution in [3.63, 3.8) is 0 Å². The van der Waals surface area contributed by atoms with E-state index in [1.807, 2.05) is 66.7 Å². The second kappa shape index (κ2) is 5.45. The van der Waals surface area contributed by atoms with E-state index in [2.05, 4.69) is 10.3 Å². The van der Waals surface area contributed by atoms with E-state index >= 15 is 0 Å². The highest BCUT2D eigenvalue weighted by Crippen LogP contribution is 2.31. The van der Waals surface area contributed by atoms with Crippen molar-refractivity contribution in [3.8, 4) is 11.3 Å². The largest absolute Gasteiger partial charge is 0.395 e. The van der Waals surface area contributed by atoms with E-state index in [4.69, 9.17) is 5.73 Å². The highest BCUT2D eigenvalue weighted by molar-refractivity contribution is 5.84. The minimum absolute atomic E-state index is 0.655. The molecule has 1 aromatic heterocycles. The fourth-order valence-corrected chi connectivity index (χ4v) is 2.09. The average molecular weight is 261 g/mol. The first-order chi connectivity index (χ1) is 9.84. The Morgan fingerprint density at radius 2 is 1.45 bits per heavy atom. The fourth-order valence-electron chi connectivity index (χ4n) is 2.09. The molecule has 3 heteroatoms. The average Bonchev–Trinajstić information content (AvgIpc) is 2.51. The third-order valence-electron chi connectivity index (χ3n) is 3.09. The summed E-state index contributed by atoms with van der Waals surface area (Å²) in [5, 5.41) is 3.32. The van der Waals surface area contributed by atoms with E-state index < -0.39 is 0 Å². The molecule has 0 aliphatic rings. The molecule has 3 nitrogen and oxygen atoms in total. The van der Waals surface area contributed by atoms with Crippen LogP contribution in [0.15, 0.2) is 72.9 Å². The molecule has 98 valence electrons. The van der Waals surface area contributed by atoms with Gasteiger partial charge >= 0.3 is 0 Å². The second-order valence-corrected chi connectivity index (χ2v) is 4.48. The van der Waals surface area contributed by atoms with E-state index in [-0.39, 0.29) is 0 Å². The molecule has 3 N–H and O–H groups in total. The summed E-state index contributed by atoms with van der Waals surface area (Å²) in [6, 6.07) is 21.8. The number of benzene rings is 2. The van der Waals surface area contributed by atoms with E-state index in [1.54, 1.807) is 6.20 Å². The SMILES string of the molecule is Nc1c(Nc2ccccc2)ccnc1-c1ccccc1. The lowest BCUT2D eigenvalue weighted by Gasteiger charge is -2.12. The van der Waals surface area contributed by atoms with E-state index in [9.17, 15) is 0 Å². The first-order valence-corrected chi connectivity index (χ1v) is 6.46. The van der Waals surface area contributed by atoms with Gasteiger partial charge in [-0.2, -0.15) is 0 Å².